The zero-order chi connectivity index (χ0) is 18.2. The number of aliphatic hydroxyl groups excluding tert-OH is 2. The topological polar surface area (TPSA) is 117 Å². The Labute approximate surface area is 145 Å². The van der Waals surface area contributed by atoms with E-state index in [1.165, 1.54) is 11.1 Å². The van der Waals surface area contributed by atoms with Crippen molar-refractivity contribution in [3.05, 3.63) is 48.2 Å². The molecule has 0 bridgehead atoms. The lowest BCUT2D eigenvalue weighted by atomic mass is 10.1. The molecule has 0 saturated heterocycles. The minimum atomic E-state index is -0.582. The zero-order valence-electron chi connectivity index (χ0n) is 13.5. The highest BCUT2D eigenvalue weighted by Gasteiger charge is 2.17. The fourth-order valence-electron chi connectivity index (χ4n) is 2.44. The number of rotatable bonds is 7. The summed E-state index contributed by atoms with van der Waals surface area (Å²) in [5, 5.41) is 41.5. The number of phenols is 1. The number of phenolic OH excluding ortho intramolecular Hbond substituents is 1. The van der Waals surface area contributed by atoms with Crippen molar-refractivity contribution in [2.24, 2.45) is 0 Å². The van der Waals surface area contributed by atoms with E-state index in [0.29, 0.717) is 11.1 Å². The maximum atomic E-state index is 12.3. The number of hydrogen-bond donors (Lipinski definition) is 4. The minimum absolute atomic E-state index is 0.0283. The molecule has 4 N–H and O–H groups in total. The van der Waals surface area contributed by atoms with Gasteiger partial charge in [-0.3, -0.25) is 4.79 Å². The summed E-state index contributed by atoms with van der Waals surface area (Å²) in [7, 11) is 0. The van der Waals surface area contributed by atoms with Gasteiger partial charge in [0.15, 0.2) is 0 Å². The molecule has 0 atom stereocenters. The first-order valence-electron chi connectivity index (χ1n) is 7.71. The number of nitrogens with one attached hydrogen (secondary N) is 1. The average molecular weight is 341 g/mol. The second-order valence-electron chi connectivity index (χ2n) is 5.23. The van der Waals surface area contributed by atoms with Crippen molar-refractivity contribution >= 4 is 22.4 Å². The highest BCUT2D eigenvalue weighted by atomic mass is 16.3. The van der Waals surface area contributed by atoms with Crippen molar-refractivity contribution in [2.75, 3.05) is 31.6 Å². The van der Waals surface area contributed by atoms with E-state index in [-0.39, 0.29) is 37.6 Å². The van der Waals surface area contributed by atoms with Gasteiger partial charge in [-0.15, -0.1) is 0 Å². The van der Waals surface area contributed by atoms with Crippen LogP contribution in [-0.4, -0.2) is 52.4 Å². The van der Waals surface area contributed by atoms with Gasteiger partial charge < -0.3 is 25.5 Å². The third kappa shape index (κ3) is 4.26. The molecule has 0 radical (unpaired) electrons. The van der Waals surface area contributed by atoms with Crippen LogP contribution in [0.15, 0.2) is 48.2 Å². The summed E-state index contributed by atoms with van der Waals surface area (Å²) in [6, 6.07) is 12.2. The summed E-state index contributed by atoms with van der Waals surface area (Å²) >= 11 is 0. The molecule has 0 fully saturated rings. The van der Waals surface area contributed by atoms with Crippen LogP contribution in [0, 0.1) is 11.3 Å². The molecule has 2 rings (SSSR count). The molecule has 0 aliphatic heterocycles. The van der Waals surface area contributed by atoms with Crippen LogP contribution in [-0.2, 0) is 4.79 Å². The van der Waals surface area contributed by atoms with E-state index in [0.717, 1.165) is 5.39 Å². The van der Waals surface area contributed by atoms with Crippen molar-refractivity contribution in [3.8, 4) is 11.8 Å². The molecule has 2 aromatic rings. The molecule has 0 spiro atoms. The Kier molecular flexibility index (Phi) is 6.34. The molecule has 0 heterocycles. The number of anilines is 1. The summed E-state index contributed by atoms with van der Waals surface area (Å²) in [5.74, 6) is -0.444. The van der Waals surface area contributed by atoms with Gasteiger partial charge in [-0.1, -0.05) is 24.3 Å². The van der Waals surface area contributed by atoms with Gasteiger partial charge in [0, 0.05) is 35.7 Å². The van der Waals surface area contributed by atoms with E-state index in [1.807, 2.05) is 12.1 Å². The summed E-state index contributed by atoms with van der Waals surface area (Å²) in [5.41, 5.74) is 0.476. The van der Waals surface area contributed by atoms with Crippen LogP contribution < -0.4 is 5.32 Å². The van der Waals surface area contributed by atoms with Crippen molar-refractivity contribution in [1.29, 1.82) is 5.26 Å². The van der Waals surface area contributed by atoms with Crippen LogP contribution in [0.25, 0.3) is 10.8 Å². The molecule has 130 valence electrons. The molecule has 0 saturated carbocycles. The first kappa shape index (κ1) is 18.3. The smallest absolute Gasteiger partial charge is 0.266 e. The predicted octanol–water partition coefficient (Wildman–Crippen LogP) is 1.18. The van der Waals surface area contributed by atoms with Crippen LogP contribution in [0.1, 0.15) is 0 Å². The summed E-state index contributed by atoms with van der Waals surface area (Å²) in [4.78, 5) is 13.5. The average Bonchev–Trinajstić information content (AvgIpc) is 2.62. The van der Waals surface area contributed by atoms with Crippen molar-refractivity contribution in [2.45, 2.75) is 0 Å². The van der Waals surface area contributed by atoms with Crippen LogP contribution in [0.3, 0.4) is 0 Å². The molecule has 2 aromatic carbocycles. The van der Waals surface area contributed by atoms with E-state index >= 15 is 0 Å². The molecule has 0 aliphatic rings. The third-order valence-corrected chi connectivity index (χ3v) is 3.65. The number of aromatic hydroxyl groups is 1. The van der Waals surface area contributed by atoms with E-state index in [9.17, 15) is 15.2 Å². The zero-order valence-corrected chi connectivity index (χ0v) is 13.5. The molecule has 0 aromatic heterocycles. The maximum absolute atomic E-state index is 12.3. The number of benzene rings is 2. The number of carbonyl (C=O) groups is 1. The van der Waals surface area contributed by atoms with E-state index in [2.05, 4.69) is 5.32 Å². The number of hydrogen-bond acceptors (Lipinski definition) is 6. The Morgan fingerprint density at radius 2 is 1.76 bits per heavy atom. The lowest BCUT2D eigenvalue weighted by molar-refractivity contribution is -0.127. The normalized spacial score (nSPS) is 11.2. The lowest BCUT2D eigenvalue weighted by Gasteiger charge is -2.20. The first-order chi connectivity index (χ1) is 12.1. The minimum Gasteiger partial charge on any atom is -0.507 e. The van der Waals surface area contributed by atoms with Crippen LogP contribution in [0.2, 0.25) is 0 Å². The van der Waals surface area contributed by atoms with Gasteiger partial charge in [-0.2, -0.15) is 5.26 Å². The summed E-state index contributed by atoms with van der Waals surface area (Å²) in [6.45, 7) is -0.470. The molecule has 7 heteroatoms. The highest BCUT2D eigenvalue weighted by Crippen LogP contribution is 2.29. The van der Waals surface area contributed by atoms with E-state index < -0.39 is 5.91 Å². The molecule has 25 heavy (non-hydrogen) atoms. The Bertz CT molecular complexity index is 821. The van der Waals surface area contributed by atoms with Gasteiger partial charge >= 0.3 is 0 Å². The van der Waals surface area contributed by atoms with Gasteiger partial charge in [0.1, 0.15) is 17.4 Å². The highest BCUT2D eigenvalue weighted by molar-refractivity contribution is 6.00. The van der Waals surface area contributed by atoms with Crippen molar-refractivity contribution < 1.29 is 20.1 Å². The predicted molar refractivity (Wildman–Crippen MR) is 93.7 cm³/mol. The Balaban J connectivity index is 2.28. The SMILES string of the molecule is N#C/C(=C/Nc1cccc2c(O)cccc12)C(=O)N(CCO)CCO. The van der Waals surface area contributed by atoms with Crippen LogP contribution in [0.4, 0.5) is 5.69 Å². The fourth-order valence-corrected chi connectivity index (χ4v) is 2.44. The molecule has 1 amide bonds. The molecule has 0 aliphatic carbocycles. The molecule has 7 nitrogen and oxygen atoms in total. The molecular weight excluding hydrogens is 322 g/mol. The first-order valence-corrected chi connectivity index (χ1v) is 7.71. The van der Waals surface area contributed by atoms with Crippen molar-refractivity contribution in [1.82, 2.24) is 4.90 Å². The second kappa shape index (κ2) is 8.68. The van der Waals surface area contributed by atoms with Gasteiger partial charge in [-0.25, -0.2) is 0 Å². The monoisotopic (exact) mass is 341 g/mol. The van der Waals surface area contributed by atoms with Gasteiger partial charge in [0.2, 0.25) is 0 Å². The number of carbonyl (C=O) groups excluding carboxylic acids is 1. The van der Waals surface area contributed by atoms with E-state index in [4.69, 9.17) is 10.2 Å². The number of aliphatic hydroxyl groups is 2. The number of amides is 1. The van der Waals surface area contributed by atoms with Gasteiger partial charge in [0.05, 0.1) is 13.2 Å². The lowest BCUT2D eigenvalue weighted by Crippen LogP contribution is -2.36. The standard InChI is InChI=1S/C18H19N3O4/c19-11-13(18(25)21(7-9-22)8-10-23)12-20-16-5-1-4-15-14(16)3-2-6-17(15)24/h1-6,12,20,22-24H,7-10H2/b13-12-. The fraction of sp³-hybridized carbons (Fsp3) is 0.222. The number of nitriles is 1. The largest absolute Gasteiger partial charge is 0.507 e. The Hall–Kier alpha value is -3.08. The van der Waals surface area contributed by atoms with E-state index in [1.54, 1.807) is 30.3 Å². The Morgan fingerprint density at radius 1 is 1.12 bits per heavy atom. The number of fused-ring (bicyclic) bond motifs is 1. The molecule has 0 unspecified atom stereocenters. The summed E-state index contributed by atoms with van der Waals surface area (Å²) in [6.07, 6.45) is 1.28. The molecular formula is C18H19N3O4. The van der Waals surface area contributed by atoms with Crippen LogP contribution >= 0.6 is 0 Å². The van der Waals surface area contributed by atoms with Gasteiger partial charge in [0.25, 0.3) is 5.91 Å². The quantitative estimate of drug-likeness (QED) is 0.444. The maximum Gasteiger partial charge on any atom is 0.266 e. The second-order valence-corrected chi connectivity index (χ2v) is 5.23. The van der Waals surface area contributed by atoms with Crippen molar-refractivity contribution in [3.63, 3.8) is 0 Å². The van der Waals surface area contributed by atoms with Gasteiger partial charge in [-0.05, 0) is 12.1 Å². The number of nitrogens with zero attached hydrogens (tertiary/aromatic N) is 2. The van der Waals surface area contributed by atoms with Crippen LogP contribution in [0.5, 0.6) is 5.75 Å². The third-order valence-electron chi connectivity index (χ3n) is 3.65. The Morgan fingerprint density at radius 3 is 2.40 bits per heavy atom. The summed E-state index contributed by atoms with van der Waals surface area (Å²) < 4.78 is 0.